The van der Waals surface area contributed by atoms with Crippen molar-refractivity contribution >= 4 is 17.6 Å². The smallest absolute Gasteiger partial charge is 0.338 e. The van der Waals surface area contributed by atoms with E-state index in [9.17, 15) is 24.8 Å². The number of hydrogen-bond acceptors (Lipinski definition) is 6. The van der Waals surface area contributed by atoms with Gasteiger partial charge in [0.05, 0.1) is 29.1 Å². The number of carboxylic acids is 1. The molecule has 16 heavy (non-hydrogen) atoms. The zero-order valence-electron chi connectivity index (χ0n) is 8.13. The summed E-state index contributed by atoms with van der Waals surface area (Å²) in [5.41, 5.74) is -1.39. The average Bonchev–Trinajstić information content (AvgIpc) is 2.26. The van der Waals surface area contributed by atoms with Crippen LogP contribution in [-0.4, -0.2) is 24.0 Å². The molecule has 0 aliphatic heterocycles. The highest BCUT2D eigenvalue weighted by Gasteiger charge is 2.18. The first-order valence-electron chi connectivity index (χ1n) is 4.05. The number of nitro groups is 1. The summed E-state index contributed by atoms with van der Waals surface area (Å²) in [4.78, 5) is 31.3. The Morgan fingerprint density at radius 2 is 2.00 bits per heavy atom. The summed E-state index contributed by atoms with van der Waals surface area (Å²) in [5.74, 6) is -2.46. The number of esters is 1. The molecule has 0 aliphatic carbocycles. The summed E-state index contributed by atoms with van der Waals surface area (Å²) in [6.07, 6.45) is 0. The van der Waals surface area contributed by atoms with Crippen LogP contribution in [0.4, 0.5) is 5.69 Å². The van der Waals surface area contributed by atoms with E-state index in [1.807, 2.05) is 0 Å². The van der Waals surface area contributed by atoms with Crippen LogP contribution in [-0.2, 0) is 4.74 Å². The number of benzene rings is 1. The fourth-order valence-electron chi connectivity index (χ4n) is 1.10. The largest absolute Gasteiger partial charge is 0.545 e. The van der Waals surface area contributed by atoms with Crippen LogP contribution in [0.5, 0.6) is 0 Å². The molecule has 0 saturated heterocycles. The number of nitrogens with zero attached hydrogens (tertiary/aromatic N) is 1. The highest BCUT2D eigenvalue weighted by molar-refractivity contribution is 5.95. The van der Waals surface area contributed by atoms with Crippen molar-refractivity contribution in [2.45, 2.75) is 0 Å². The molecule has 0 N–H and O–H groups in total. The van der Waals surface area contributed by atoms with Gasteiger partial charge in [0.25, 0.3) is 5.69 Å². The molecule has 1 aromatic carbocycles. The summed E-state index contributed by atoms with van der Waals surface area (Å²) in [5, 5.41) is 21.1. The highest BCUT2D eigenvalue weighted by atomic mass is 16.6. The molecule has 84 valence electrons. The van der Waals surface area contributed by atoms with Gasteiger partial charge in [-0.25, -0.2) is 4.79 Å². The summed E-state index contributed by atoms with van der Waals surface area (Å²) < 4.78 is 4.35. The molecule has 0 unspecified atom stereocenters. The predicted octanol–water partition coefficient (Wildman–Crippen LogP) is -0.255. The normalized spacial score (nSPS) is 9.56. The Kier molecular flexibility index (Phi) is 3.19. The van der Waals surface area contributed by atoms with E-state index in [4.69, 9.17) is 0 Å². The third kappa shape index (κ3) is 2.14. The maximum Gasteiger partial charge on any atom is 0.338 e. The van der Waals surface area contributed by atoms with Crippen molar-refractivity contribution in [3.8, 4) is 0 Å². The van der Waals surface area contributed by atoms with Crippen molar-refractivity contribution in [2.24, 2.45) is 0 Å². The van der Waals surface area contributed by atoms with Crippen LogP contribution in [0.2, 0.25) is 0 Å². The van der Waals surface area contributed by atoms with Crippen LogP contribution in [0.1, 0.15) is 20.7 Å². The van der Waals surface area contributed by atoms with E-state index in [0.29, 0.717) is 0 Å². The van der Waals surface area contributed by atoms with Gasteiger partial charge in [0.15, 0.2) is 0 Å². The first-order chi connectivity index (χ1) is 7.47. The predicted molar refractivity (Wildman–Crippen MR) is 48.8 cm³/mol. The second kappa shape index (κ2) is 4.39. The second-order valence-corrected chi connectivity index (χ2v) is 2.77. The zero-order valence-corrected chi connectivity index (χ0v) is 8.13. The molecule has 7 nitrogen and oxygen atoms in total. The van der Waals surface area contributed by atoms with Crippen LogP contribution >= 0.6 is 0 Å². The van der Waals surface area contributed by atoms with E-state index in [1.165, 1.54) is 0 Å². The molecular weight excluding hydrogens is 218 g/mol. The lowest BCUT2D eigenvalue weighted by molar-refractivity contribution is -0.385. The molecule has 0 atom stereocenters. The molecule has 0 bridgehead atoms. The van der Waals surface area contributed by atoms with Crippen molar-refractivity contribution in [2.75, 3.05) is 7.11 Å². The van der Waals surface area contributed by atoms with Gasteiger partial charge in [0.1, 0.15) is 0 Å². The minimum absolute atomic E-state index is 0.0980. The number of carbonyl (C=O) groups excluding carboxylic acids is 2. The van der Waals surface area contributed by atoms with E-state index >= 15 is 0 Å². The van der Waals surface area contributed by atoms with Crippen LogP contribution in [0.25, 0.3) is 0 Å². The van der Waals surface area contributed by atoms with E-state index < -0.39 is 28.1 Å². The lowest BCUT2D eigenvalue weighted by atomic mass is 10.1. The van der Waals surface area contributed by atoms with Gasteiger partial charge in [0.2, 0.25) is 0 Å². The lowest BCUT2D eigenvalue weighted by Gasteiger charge is -2.05. The first kappa shape index (κ1) is 11.6. The number of methoxy groups -OCH3 is 1. The second-order valence-electron chi connectivity index (χ2n) is 2.77. The van der Waals surface area contributed by atoms with Gasteiger partial charge in [-0.2, -0.15) is 0 Å². The van der Waals surface area contributed by atoms with Crippen molar-refractivity contribution in [1.82, 2.24) is 0 Å². The molecular formula is C9H6NO6-. The Labute approximate surface area is 89.4 Å². The molecule has 0 spiro atoms. The summed E-state index contributed by atoms with van der Waals surface area (Å²) in [6.45, 7) is 0. The van der Waals surface area contributed by atoms with E-state index in [-0.39, 0.29) is 5.56 Å². The summed E-state index contributed by atoms with van der Waals surface area (Å²) in [7, 11) is 1.11. The third-order valence-corrected chi connectivity index (χ3v) is 1.84. The van der Waals surface area contributed by atoms with Crippen molar-refractivity contribution in [1.29, 1.82) is 0 Å². The van der Waals surface area contributed by atoms with Gasteiger partial charge in [-0.05, 0) is 12.1 Å². The number of carbonyl (C=O) groups is 2. The monoisotopic (exact) mass is 224 g/mol. The summed E-state index contributed by atoms with van der Waals surface area (Å²) >= 11 is 0. The van der Waals surface area contributed by atoms with Crippen LogP contribution < -0.4 is 5.11 Å². The van der Waals surface area contributed by atoms with Crippen molar-refractivity contribution in [3.05, 3.63) is 39.4 Å². The number of nitro benzene ring substituents is 1. The molecule has 0 aromatic heterocycles. The minimum atomic E-state index is -1.68. The number of rotatable bonds is 3. The zero-order chi connectivity index (χ0) is 12.3. The number of hydrogen-bond donors (Lipinski definition) is 0. The topological polar surface area (TPSA) is 110 Å². The first-order valence-corrected chi connectivity index (χ1v) is 4.05. The van der Waals surface area contributed by atoms with E-state index in [2.05, 4.69) is 4.74 Å². The van der Waals surface area contributed by atoms with Crippen LogP contribution in [0.15, 0.2) is 18.2 Å². The Balaban J connectivity index is 3.34. The van der Waals surface area contributed by atoms with Gasteiger partial charge < -0.3 is 14.6 Å². The fourth-order valence-corrected chi connectivity index (χ4v) is 1.10. The molecule has 0 radical (unpaired) electrons. The van der Waals surface area contributed by atoms with Crippen LogP contribution in [0.3, 0.4) is 0 Å². The quantitative estimate of drug-likeness (QED) is 0.397. The minimum Gasteiger partial charge on any atom is -0.545 e. The highest BCUT2D eigenvalue weighted by Crippen LogP contribution is 2.20. The molecule has 0 heterocycles. The van der Waals surface area contributed by atoms with Crippen molar-refractivity contribution < 1.29 is 24.4 Å². The Hall–Kier alpha value is -2.44. The van der Waals surface area contributed by atoms with E-state index in [1.54, 1.807) is 0 Å². The Bertz CT molecular complexity index is 467. The van der Waals surface area contributed by atoms with Crippen LogP contribution in [0, 0.1) is 10.1 Å². The lowest BCUT2D eigenvalue weighted by Crippen LogP contribution is -2.23. The molecule has 0 fully saturated rings. The molecule has 0 amide bonds. The van der Waals surface area contributed by atoms with Gasteiger partial charge >= 0.3 is 5.97 Å². The average molecular weight is 224 g/mol. The Morgan fingerprint density at radius 3 is 2.44 bits per heavy atom. The molecule has 0 aliphatic rings. The van der Waals surface area contributed by atoms with Gasteiger partial charge in [-0.1, -0.05) is 0 Å². The maximum atomic E-state index is 11.1. The standard InChI is InChI=1S/C9H7NO6/c1-16-9(13)5-2-3-6(8(11)12)7(4-5)10(14)15/h2-4H,1H3,(H,11,12)/p-1. The SMILES string of the molecule is COC(=O)c1ccc(C(=O)[O-])c([N+](=O)[O-])c1. The van der Waals surface area contributed by atoms with Gasteiger partial charge in [-0.3, -0.25) is 10.1 Å². The Morgan fingerprint density at radius 1 is 1.38 bits per heavy atom. The molecule has 1 rings (SSSR count). The molecule has 0 saturated carbocycles. The van der Waals surface area contributed by atoms with E-state index in [0.717, 1.165) is 25.3 Å². The fraction of sp³-hybridized carbons (Fsp3) is 0.111. The molecule has 1 aromatic rings. The third-order valence-electron chi connectivity index (χ3n) is 1.84. The molecule has 7 heteroatoms. The number of carboxylic acid groups (broad SMARTS) is 1. The summed E-state index contributed by atoms with van der Waals surface area (Å²) in [6, 6.07) is 2.88. The maximum absolute atomic E-state index is 11.1. The number of ether oxygens (including phenoxy) is 1. The van der Waals surface area contributed by atoms with Gasteiger partial charge in [0, 0.05) is 6.07 Å². The van der Waals surface area contributed by atoms with Gasteiger partial charge in [-0.15, -0.1) is 0 Å². The number of aromatic carboxylic acids is 1. The van der Waals surface area contributed by atoms with Crippen molar-refractivity contribution in [3.63, 3.8) is 0 Å².